The fourth-order valence-electron chi connectivity index (χ4n) is 1.30. The second-order valence-corrected chi connectivity index (χ2v) is 6.36. The summed E-state index contributed by atoms with van der Waals surface area (Å²) in [6.07, 6.45) is 0.299. The van der Waals surface area contributed by atoms with E-state index in [1.165, 1.54) is 6.92 Å². The molecule has 0 aliphatic heterocycles. The minimum atomic E-state index is -4.24. The third kappa shape index (κ3) is 3.99. The van der Waals surface area contributed by atoms with Gasteiger partial charge in [-0.2, -0.15) is 0 Å². The van der Waals surface area contributed by atoms with Crippen molar-refractivity contribution in [2.75, 3.05) is 6.54 Å². The number of carbonyl (C=O) groups is 1. The number of sulfonamides is 1. The topological polar surface area (TPSA) is 104 Å². The van der Waals surface area contributed by atoms with E-state index in [9.17, 15) is 22.7 Å². The zero-order valence-corrected chi connectivity index (χ0v) is 11.9. The second-order valence-electron chi connectivity index (χ2n) is 4.63. The largest absolute Gasteiger partial charge is 0.478 e. The Morgan fingerprint density at radius 1 is 1.45 bits per heavy atom. The number of aliphatic hydroxyl groups is 1. The molecule has 0 spiro atoms. The lowest BCUT2D eigenvalue weighted by Crippen LogP contribution is -2.40. The summed E-state index contributed by atoms with van der Waals surface area (Å²) < 4.78 is 39.5. The number of aromatic carboxylic acids is 1. The highest BCUT2D eigenvalue weighted by atomic mass is 32.2. The quantitative estimate of drug-likeness (QED) is 0.726. The molecule has 3 N–H and O–H groups in total. The molecule has 20 heavy (non-hydrogen) atoms. The van der Waals surface area contributed by atoms with Crippen LogP contribution in [0.15, 0.2) is 23.1 Å². The van der Waals surface area contributed by atoms with Gasteiger partial charge in [0.25, 0.3) is 0 Å². The molecule has 8 heteroatoms. The van der Waals surface area contributed by atoms with Crippen molar-refractivity contribution in [3.05, 3.63) is 29.6 Å². The third-order valence-corrected chi connectivity index (χ3v) is 4.29. The summed E-state index contributed by atoms with van der Waals surface area (Å²) in [5.74, 6) is -2.42. The molecule has 0 heterocycles. The van der Waals surface area contributed by atoms with Crippen LogP contribution in [-0.2, 0) is 10.0 Å². The van der Waals surface area contributed by atoms with Gasteiger partial charge in [0.05, 0.1) is 11.2 Å². The van der Waals surface area contributed by atoms with E-state index in [1.54, 1.807) is 6.92 Å². The fourth-order valence-corrected chi connectivity index (χ4v) is 2.56. The van der Waals surface area contributed by atoms with Crippen molar-refractivity contribution in [1.82, 2.24) is 4.72 Å². The predicted molar refractivity (Wildman–Crippen MR) is 69.5 cm³/mol. The summed E-state index contributed by atoms with van der Waals surface area (Å²) >= 11 is 0. The molecule has 0 aliphatic rings. The summed E-state index contributed by atoms with van der Waals surface area (Å²) in [7, 11) is -4.24. The van der Waals surface area contributed by atoms with Crippen molar-refractivity contribution in [2.45, 2.75) is 30.8 Å². The Labute approximate surface area is 116 Å². The molecule has 0 saturated heterocycles. The molecule has 1 atom stereocenters. The lowest BCUT2D eigenvalue weighted by molar-refractivity contribution is 0.0612. The minimum absolute atomic E-state index is 0.299. The van der Waals surface area contributed by atoms with Crippen molar-refractivity contribution in [3.8, 4) is 0 Å². The number of benzene rings is 1. The molecule has 1 aromatic rings. The van der Waals surface area contributed by atoms with Crippen LogP contribution in [0.4, 0.5) is 4.39 Å². The van der Waals surface area contributed by atoms with E-state index in [4.69, 9.17) is 5.11 Å². The maximum absolute atomic E-state index is 13.6. The summed E-state index contributed by atoms with van der Waals surface area (Å²) in [6, 6.07) is 2.48. The number of carboxylic acid groups (broad SMARTS) is 1. The van der Waals surface area contributed by atoms with Crippen LogP contribution >= 0.6 is 0 Å². The van der Waals surface area contributed by atoms with Gasteiger partial charge in [0.2, 0.25) is 10.0 Å². The Hall–Kier alpha value is -1.51. The van der Waals surface area contributed by atoms with Crippen LogP contribution in [0.1, 0.15) is 30.6 Å². The molecule has 1 rings (SSSR count). The van der Waals surface area contributed by atoms with Gasteiger partial charge in [0, 0.05) is 6.54 Å². The highest BCUT2D eigenvalue weighted by Crippen LogP contribution is 2.17. The molecule has 0 radical (unpaired) electrons. The Morgan fingerprint density at radius 2 is 2.05 bits per heavy atom. The number of nitrogens with one attached hydrogen (secondary N) is 1. The summed E-state index contributed by atoms with van der Waals surface area (Å²) in [5.41, 5.74) is -1.61. The standard InChI is InChI=1S/C12H16FNO5S/c1-3-12(2,17)7-14-20(18,19)10-6-8(11(15)16)4-5-9(10)13/h4-6,14,17H,3,7H2,1-2H3,(H,15,16). The van der Waals surface area contributed by atoms with Crippen LogP contribution in [0.3, 0.4) is 0 Å². The molecule has 1 unspecified atom stereocenters. The van der Waals surface area contributed by atoms with Gasteiger partial charge >= 0.3 is 5.97 Å². The maximum atomic E-state index is 13.6. The van der Waals surface area contributed by atoms with Gasteiger partial charge in [-0.3, -0.25) is 0 Å². The summed E-state index contributed by atoms with van der Waals surface area (Å²) in [6.45, 7) is 2.79. The summed E-state index contributed by atoms with van der Waals surface area (Å²) in [4.78, 5) is 10.0. The third-order valence-electron chi connectivity index (χ3n) is 2.87. The molecular formula is C12H16FNO5S. The first-order valence-electron chi connectivity index (χ1n) is 5.84. The van der Waals surface area contributed by atoms with Crippen LogP contribution in [-0.4, -0.2) is 36.7 Å². The summed E-state index contributed by atoms with van der Waals surface area (Å²) in [5, 5.41) is 18.5. The van der Waals surface area contributed by atoms with Gasteiger partial charge in [-0.25, -0.2) is 22.3 Å². The van der Waals surface area contributed by atoms with Gasteiger partial charge in [-0.15, -0.1) is 0 Å². The van der Waals surface area contributed by atoms with Gasteiger partial charge in [0.1, 0.15) is 10.7 Å². The average Bonchev–Trinajstić information content (AvgIpc) is 2.37. The second kappa shape index (κ2) is 5.86. The molecule has 0 aromatic heterocycles. The fraction of sp³-hybridized carbons (Fsp3) is 0.417. The van der Waals surface area contributed by atoms with Gasteiger partial charge in [0.15, 0.2) is 0 Å². The molecular weight excluding hydrogens is 289 g/mol. The number of rotatable bonds is 6. The lowest BCUT2D eigenvalue weighted by atomic mass is 10.1. The predicted octanol–water partition coefficient (Wildman–Crippen LogP) is 0.963. The molecule has 0 aliphatic carbocycles. The number of halogens is 1. The molecule has 0 amide bonds. The van der Waals surface area contributed by atoms with Crippen molar-refractivity contribution in [2.24, 2.45) is 0 Å². The van der Waals surface area contributed by atoms with Gasteiger partial charge in [-0.05, 0) is 31.5 Å². The van der Waals surface area contributed by atoms with Gasteiger partial charge in [-0.1, -0.05) is 6.92 Å². The first-order valence-corrected chi connectivity index (χ1v) is 7.32. The minimum Gasteiger partial charge on any atom is -0.478 e. The van der Waals surface area contributed by atoms with Crippen LogP contribution in [0.2, 0.25) is 0 Å². The zero-order chi connectivity index (χ0) is 15.6. The highest BCUT2D eigenvalue weighted by Gasteiger charge is 2.25. The normalized spacial score (nSPS) is 14.8. The Morgan fingerprint density at radius 3 is 2.55 bits per heavy atom. The lowest BCUT2D eigenvalue weighted by Gasteiger charge is -2.21. The first kappa shape index (κ1) is 16.5. The Balaban J connectivity index is 3.09. The van der Waals surface area contributed by atoms with Crippen molar-refractivity contribution < 1.29 is 27.8 Å². The average molecular weight is 305 g/mol. The molecule has 1 aromatic carbocycles. The van der Waals surface area contributed by atoms with E-state index in [-0.39, 0.29) is 12.1 Å². The van der Waals surface area contributed by atoms with E-state index < -0.39 is 32.3 Å². The number of carboxylic acids is 1. The van der Waals surface area contributed by atoms with Crippen molar-refractivity contribution >= 4 is 16.0 Å². The zero-order valence-electron chi connectivity index (χ0n) is 11.1. The van der Waals surface area contributed by atoms with Crippen LogP contribution < -0.4 is 4.72 Å². The van der Waals surface area contributed by atoms with E-state index in [1.807, 2.05) is 0 Å². The SMILES string of the molecule is CCC(C)(O)CNS(=O)(=O)c1cc(C(=O)O)ccc1F. The molecule has 0 saturated carbocycles. The van der Waals surface area contributed by atoms with E-state index >= 15 is 0 Å². The van der Waals surface area contributed by atoms with E-state index in [0.717, 1.165) is 18.2 Å². The molecule has 0 fully saturated rings. The monoisotopic (exact) mass is 305 g/mol. The molecule has 6 nitrogen and oxygen atoms in total. The molecule has 0 bridgehead atoms. The highest BCUT2D eigenvalue weighted by molar-refractivity contribution is 7.89. The smallest absolute Gasteiger partial charge is 0.335 e. The molecule has 112 valence electrons. The van der Waals surface area contributed by atoms with Crippen molar-refractivity contribution in [1.29, 1.82) is 0 Å². The first-order chi connectivity index (χ1) is 9.09. The van der Waals surface area contributed by atoms with Gasteiger partial charge < -0.3 is 10.2 Å². The maximum Gasteiger partial charge on any atom is 0.335 e. The number of hydrogen-bond donors (Lipinski definition) is 3. The van der Waals surface area contributed by atoms with E-state index in [0.29, 0.717) is 6.42 Å². The van der Waals surface area contributed by atoms with Crippen LogP contribution in [0, 0.1) is 5.82 Å². The van der Waals surface area contributed by atoms with E-state index in [2.05, 4.69) is 4.72 Å². The Bertz CT molecular complexity index is 612. The Kier molecular flexibility index (Phi) is 4.85. The number of hydrogen-bond acceptors (Lipinski definition) is 4. The van der Waals surface area contributed by atoms with Crippen LogP contribution in [0.25, 0.3) is 0 Å². The van der Waals surface area contributed by atoms with Crippen molar-refractivity contribution in [3.63, 3.8) is 0 Å². The van der Waals surface area contributed by atoms with Crippen LogP contribution in [0.5, 0.6) is 0 Å².